The van der Waals surface area contributed by atoms with Crippen molar-refractivity contribution < 1.29 is 14.3 Å². The maximum atomic E-state index is 14.1. The highest BCUT2D eigenvalue weighted by Crippen LogP contribution is 2.35. The molecule has 0 saturated carbocycles. The normalized spacial score (nSPS) is 12.2. The summed E-state index contributed by atoms with van der Waals surface area (Å²) in [6.07, 6.45) is 0.869. The number of carbonyl (C=O) groups is 2. The van der Waals surface area contributed by atoms with Crippen LogP contribution in [0.1, 0.15) is 44.9 Å². The molecule has 0 fully saturated rings. The van der Waals surface area contributed by atoms with E-state index in [1.807, 2.05) is 81.4 Å². The summed E-state index contributed by atoms with van der Waals surface area (Å²) in [5.74, 6) is -0.133. The van der Waals surface area contributed by atoms with Gasteiger partial charge in [0.1, 0.15) is 23.9 Å². The number of hydrogen-bond donors (Lipinski definition) is 1. The molecule has 1 atom stereocenters. The Kier molecular flexibility index (Phi) is 7.57. The first-order chi connectivity index (χ1) is 17.7. The number of hydrogen-bond acceptors (Lipinski definition) is 5. The van der Waals surface area contributed by atoms with Gasteiger partial charge in [-0.15, -0.1) is 5.10 Å². The summed E-state index contributed by atoms with van der Waals surface area (Å²) in [7, 11) is 1.55. The van der Waals surface area contributed by atoms with Crippen molar-refractivity contribution in [3.05, 3.63) is 83.9 Å². The number of nitrogens with one attached hydrogen (secondary N) is 1. The Morgan fingerprint density at radius 2 is 1.68 bits per heavy atom. The molecule has 8 nitrogen and oxygen atoms in total. The van der Waals surface area contributed by atoms with E-state index in [4.69, 9.17) is 4.74 Å². The van der Waals surface area contributed by atoms with Gasteiger partial charge in [-0.3, -0.25) is 14.5 Å². The van der Waals surface area contributed by atoms with E-state index in [1.165, 1.54) is 4.90 Å². The predicted octanol–water partition coefficient (Wildman–Crippen LogP) is 4.69. The molecule has 1 heterocycles. The summed E-state index contributed by atoms with van der Waals surface area (Å²) < 4.78 is 7.18. The number of benzene rings is 3. The van der Waals surface area contributed by atoms with Gasteiger partial charge in [-0.05, 0) is 62.6 Å². The van der Waals surface area contributed by atoms with Gasteiger partial charge in [0.2, 0.25) is 11.8 Å². The topological polar surface area (TPSA) is 89.4 Å². The Morgan fingerprint density at radius 3 is 2.35 bits per heavy atom. The summed E-state index contributed by atoms with van der Waals surface area (Å²) in [5, 5.41) is 11.5. The van der Waals surface area contributed by atoms with Gasteiger partial charge in [-0.1, -0.05) is 60.7 Å². The first-order valence-electron chi connectivity index (χ1n) is 12.4. The number of aromatic nitrogens is 3. The fourth-order valence-electron chi connectivity index (χ4n) is 4.28. The smallest absolute Gasteiger partial charge is 0.249 e. The lowest BCUT2D eigenvalue weighted by Crippen LogP contribution is -2.50. The van der Waals surface area contributed by atoms with Crippen LogP contribution >= 0.6 is 0 Å². The van der Waals surface area contributed by atoms with Crippen molar-refractivity contribution in [2.24, 2.45) is 0 Å². The van der Waals surface area contributed by atoms with Gasteiger partial charge in [-0.25, -0.2) is 4.68 Å². The third-order valence-corrected chi connectivity index (χ3v) is 6.03. The van der Waals surface area contributed by atoms with Gasteiger partial charge < -0.3 is 10.1 Å². The van der Waals surface area contributed by atoms with Crippen LogP contribution < -0.4 is 15.0 Å². The Morgan fingerprint density at radius 1 is 1.00 bits per heavy atom. The molecule has 37 heavy (non-hydrogen) atoms. The second-order valence-corrected chi connectivity index (χ2v) is 9.91. The third kappa shape index (κ3) is 5.80. The summed E-state index contributed by atoms with van der Waals surface area (Å²) in [6, 6.07) is 21.5. The summed E-state index contributed by atoms with van der Waals surface area (Å²) in [5.41, 5.74) is 3.25. The number of carbonyl (C=O) groups excluding carboxylic acids is 2. The van der Waals surface area contributed by atoms with Gasteiger partial charge in [-0.2, -0.15) is 0 Å². The summed E-state index contributed by atoms with van der Waals surface area (Å²) in [6.45, 7) is 7.72. The van der Waals surface area contributed by atoms with Crippen LogP contribution in [0.25, 0.3) is 11.0 Å². The average Bonchev–Trinajstić information content (AvgIpc) is 3.29. The molecule has 3 aromatic carbocycles. The van der Waals surface area contributed by atoms with Crippen LogP contribution in [0.3, 0.4) is 0 Å². The standard InChI is InChI=1S/C29H33N5O3/c1-6-20-15-17-21(18-16-20)27(28(36)30-29(2,3)4)34(24-13-9-10-14-25(24)37-5)26(35)19-33-23-12-8-7-11-22(23)31-32-33/h7-18,27H,6,19H2,1-5H3,(H,30,36). The second-order valence-electron chi connectivity index (χ2n) is 9.91. The van der Waals surface area contributed by atoms with Gasteiger partial charge in [0.25, 0.3) is 0 Å². The Bertz CT molecular complexity index is 1390. The highest BCUT2D eigenvalue weighted by atomic mass is 16.5. The number of rotatable bonds is 8. The van der Waals surface area contributed by atoms with Gasteiger partial charge in [0, 0.05) is 5.54 Å². The van der Waals surface area contributed by atoms with Crippen molar-refractivity contribution in [3.8, 4) is 5.75 Å². The molecule has 1 N–H and O–H groups in total. The maximum absolute atomic E-state index is 14.1. The van der Waals surface area contributed by atoms with Crippen molar-refractivity contribution in [2.75, 3.05) is 12.0 Å². The van der Waals surface area contributed by atoms with E-state index < -0.39 is 11.6 Å². The number of fused-ring (bicyclic) bond motifs is 1. The molecule has 0 spiro atoms. The van der Waals surface area contributed by atoms with Crippen molar-refractivity contribution in [1.82, 2.24) is 20.3 Å². The molecule has 4 aromatic rings. The Hall–Kier alpha value is -4.20. The molecule has 4 rings (SSSR count). The third-order valence-electron chi connectivity index (χ3n) is 6.03. The van der Waals surface area contributed by atoms with Crippen LogP contribution in [0.15, 0.2) is 72.8 Å². The number of anilines is 1. The molecule has 192 valence electrons. The molecular weight excluding hydrogens is 466 g/mol. The lowest BCUT2D eigenvalue weighted by molar-refractivity contribution is -0.128. The van der Waals surface area contributed by atoms with Crippen molar-refractivity contribution in [2.45, 2.75) is 52.2 Å². The monoisotopic (exact) mass is 499 g/mol. The molecule has 1 aromatic heterocycles. The van der Waals surface area contributed by atoms with E-state index in [2.05, 4.69) is 22.6 Å². The lowest BCUT2D eigenvalue weighted by atomic mass is 9.99. The first kappa shape index (κ1) is 25.9. The van der Waals surface area contributed by atoms with Crippen LogP contribution in [0.4, 0.5) is 5.69 Å². The largest absolute Gasteiger partial charge is 0.495 e. The number of ether oxygens (including phenoxy) is 1. The van der Waals surface area contributed by atoms with Crippen molar-refractivity contribution in [3.63, 3.8) is 0 Å². The number of amides is 2. The zero-order valence-electron chi connectivity index (χ0n) is 21.9. The molecule has 1 unspecified atom stereocenters. The lowest BCUT2D eigenvalue weighted by Gasteiger charge is -2.34. The minimum Gasteiger partial charge on any atom is -0.495 e. The number of para-hydroxylation sites is 3. The van der Waals surface area contributed by atoms with Gasteiger partial charge >= 0.3 is 0 Å². The quantitative estimate of drug-likeness (QED) is 0.380. The first-order valence-corrected chi connectivity index (χ1v) is 12.4. The SMILES string of the molecule is CCc1ccc(C(C(=O)NC(C)(C)C)N(C(=O)Cn2nnc3ccccc32)c2ccccc2OC)cc1. The number of methoxy groups -OCH3 is 1. The van der Waals surface area contributed by atoms with E-state index in [1.54, 1.807) is 23.9 Å². The minimum atomic E-state index is -0.941. The summed E-state index contributed by atoms with van der Waals surface area (Å²) >= 11 is 0. The molecule has 0 aliphatic rings. The highest BCUT2D eigenvalue weighted by molar-refractivity contribution is 6.02. The summed E-state index contributed by atoms with van der Waals surface area (Å²) in [4.78, 5) is 29.5. The molecule has 2 amide bonds. The fraction of sp³-hybridized carbons (Fsp3) is 0.310. The zero-order valence-corrected chi connectivity index (χ0v) is 21.9. The van der Waals surface area contributed by atoms with Crippen LogP contribution in [-0.2, 0) is 22.6 Å². The Labute approximate surface area is 217 Å². The minimum absolute atomic E-state index is 0.106. The predicted molar refractivity (Wildman–Crippen MR) is 144 cm³/mol. The Balaban J connectivity index is 1.85. The molecule has 0 aliphatic heterocycles. The van der Waals surface area contributed by atoms with E-state index in [0.717, 1.165) is 17.5 Å². The molecule has 0 saturated heterocycles. The highest BCUT2D eigenvalue weighted by Gasteiger charge is 2.36. The van der Waals surface area contributed by atoms with E-state index in [0.29, 0.717) is 22.5 Å². The molecule has 0 bridgehead atoms. The van der Waals surface area contributed by atoms with Crippen LogP contribution in [0, 0.1) is 0 Å². The molecular formula is C29H33N5O3. The van der Waals surface area contributed by atoms with Gasteiger partial charge in [0.15, 0.2) is 0 Å². The van der Waals surface area contributed by atoms with Crippen LogP contribution in [0.5, 0.6) is 5.75 Å². The fourth-order valence-corrected chi connectivity index (χ4v) is 4.28. The van der Waals surface area contributed by atoms with Crippen LogP contribution in [-0.4, -0.2) is 39.5 Å². The average molecular weight is 500 g/mol. The molecule has 8 heteroatoms. The van der Waals surface area contributed by atoms with E-state index >= 15 is 0 Å². The van der Waals surface area contributed by atoms with E-state index in [-0.39, 0.29) is 18.4 Å². The number of aryl methyl sites for hydroxylation is 1. The van der Waals surface area contributed by atoms with Crippen molar-refractivity contribution >= 4 is 28.5 Å². The maximum Gasteiger partial charge on any atom is 0.249 e. The molecule has 0 aliphatic carbocycles. The second kappa shape index (κ2) is 10.8. The number of nitrogens with zero attached hydrogens (tertiary/aromatic N) is 4. The van der Waals surface area contributed by atoms with Crippen molar-refractivity contribution in [1.29, 1.82) is 0 Å². The van der Waals surface area contributed by atoms with Crippen LogP contribution in [0.2, 0.25) is 0 Å². The van der Waals surface area contributed by atoms with E-state index in [9.17, 15) is 9.59 Å². The molecule has 0 radical (unpaired) electrons. The zero-order chi connectivity index (χ0) is 26.6. The van der Waals surface area contributed by atoms with Gasteiger partial charge in [0.05, 0.1) is 18.3 Å².